The lowest BCUT2D eigenvalue weighted by atomic mass is 9.67. The summed E-state index contributed by atoms with van der Waals surface area (Å²) in [5, 5.41) is 0. The fourth-order valence-electron chi connectivity index (χ4n) is 7.42. The molecule has 17 nitrogen and oxygen atoms in total. The molecular weight excluding hydrogens is 1210 g/mol. The number of amides is 3. The van der Waals surface area contributed by atoms with E-state index in [1.165, 1.54) is 0 Å². The molecule has 4 aliphatic heterocycles. The van der Waals surface area contributed by atoms with Crippen LogP contribution in [0.1, 0.15) is 152 Å². The Bertz CT molecular complexity index is 1990. The molecule has 4 saturated heterocycles. The summed E-state index contributed by atoms with van der Waals surface area (Å²) < 4.78 is 31.9. The van der Waals surface area contributed by atoms with E-state index in [0.29, 0.717) is 56.9 Å². The summed E-state index contributed by atoms with van der Waals surface area (Å²) in [6.07, 6.45) is 15.1. The maximum absolute atomic E-state index is 12.1. The molecule has 22 heteroatoms. The molecule has 3 aromatic rings. The number of carbonyl (C=O) groups is 3. The Balaban J connectivity index is 0.000000211. The zero-order chi connectivity index (χ0) is 52.2. The Morgan fingerprint density at radius 2 is 0.786 bits per heavy atom. The van der Waals surface area contributed by atoms with Crippen molar-refractivity contribution in [3.63, 3.8) is 0 Å². The summed E-state index contributed by atoms with van der Waals surface area (Å²) >= 11 is 11.9. The van der Waals surface area contributed by atoms with Crippen LogP contribution in [-0.2, 0) is 23.5 Å². The number of aromatic nitrogens is 6. The molecule has 0 bridgehead atoms. The van der Waals surface area contributed by atoms with Crippen molar-refractivity contribution in [3.8, 4) is 0 Å². The van der Waals surface area contributed by atoms with Gasteiger partial charge in [0.2, 0.25) is 0 Å². The maximum Gasteiger partial charge on any atom is 0.461 e. The van der Waals surface area contributed by atoms with Crippen molar-refractivity contribution in [1.82, 2.24) is 44.6 Å². The molecule has 3 amide bonds. The minimum absolute atomic E-state index is 0.175. The second-order valence-electron chi connectivity index (χ2n) is 21.6. The van der Waals surface area contributed by atoms with Crippen molar-refractivity contribution < 1.29 is 37.9 Å². The van der Waals surface area contributed by atoms with Gasteiger partial charge in [-0.3, -0.25) is 0 Å². The van der Waals surface area contributed by atoms with E-state index >= 15 is 0 Å². The highest BCUT2D eigenvalue weighted by Gasteiger charge is 2.54. The molecule has 70 heavy (non-hydrogen) atoms. The van der Waals surface area contributed by atoms with Crippen LogP contribution in [0.3, 0.4) is 0 Å². The Morgan fingerprint density at radius 3 is 1.04 bits per heavy atom. The number of likely N-dealkylation sites (tertiary alicyclic amines) is 3. The van der Waals surface area contributed by atoms with Crippen LogP contribution in [0.25, 0.3) is 0 Å². The lowest BCUT2D eigenvalue weighted by molar-refractivity contribution is 0.00578. The highest BCUT2D eigenvalue weighted by atomic mass is 127. The van der Waals surface area contributed by atoms with Gasteiger partial charge in [-0.25, -0.2) is 44.3 Å². The van der Waals surface area contributed by atoms with E-state index in [1.54, 1.807) is 51.9 Å². The van der Waals surface area contributed by atoms with Crippen LogP contribution in [0.2, 0.25) is 5.82 Å². The smallest absolute Gasteiger partial charge is 0.444 e. The normalized spacial score (nSPS) is 18.8. The molecular formula is C48H72BBr3IN9O8. The van der Waals surface area contributed by atoms with E-state index in [9.17, 15) is 14.4 Å². The average molecular weight is 1280 g/mol. The third-order valence-corrected chi connectivity index (χ3v) is 13.5. The number of halogens is 4. The maximum atomic E-state index is 12.1. The number of rotatable bonds is 3. The fraction of sp³-hybridized carbons (Fsp3) is 0.688. The summed E-state index contributed by atoms with van der Waals surface area (Å²) in [5.41, 5.74) is -1.91. The third kappa shape index (κ3) is 20.3. The van der Waals surface area contributed by atoms with Gasteiger partial charge in [0.15, 0.2) is 3.83 Å². The van der Waals surface area contributed by atoms with Gasteiger partial charge < -0.3 is 38.2 Å². The van der Waals surface area contributed by atoms with Gasteiger partial charge in [-0.05, 0) is 182 Å². The van der Waals surface area contributed by atoms with Gasteiger partial charge in [0.25, 0.3) is 0 Å². The molecule has 0 atom stereocenters. The zero-order valence-corrected chi connectivity index (χ0v) is 50.0. The molecule has 7 heterocycles. The summed E-state index contributed by atoms with van der Waals surface area (Å²) in [6.45, 7) is 29.4. The van der Waals surface area contributed by atoms with Gasteiger partial charge in [0.05, 0.1) is 24.6 Å². The highest BCUT2D eigenvalue weighted by Crippen LogP contribution is 2.42. The van der Waals surface area contributed by atoms with Crippen molar-refractivity contribution >= 4 is 95.8 Å². The van der Waals surface area contributed by atoms with Crippen LogP contribution in [0.4, 0.5) is 14.4 Å². The average Bonchev–Trinajstić information content (AvgIpc) is 3.49. The van der Waals surface area contributed by atoms with E-state index in [1.807, 2.05) is 62.3 Å². The number of ether oxygens (including phenoxy) is 3. The number of hydrogen-bond donors (Lipinski definition) is 0. The Labute approximate surface area is 454 Å². The van der Waals surface area contributed by atoms with Crippen LogP contribution in [-0.4, -0.2) is 137 Å². The monoisotopic (exact) mass is 1280 g/mol. The van der Waals surface area contributed by atoms with Crippen LogP contribution in [0, 0.1) is 3.83 Å². The lowest BCUT2D eigenvalue weighted by Gasteiger charge is -2.34. The van der Waals surface area contributed by atoms with Crippen LogP contribution < -0.4 is 0 Å². The van der Waals surface area contributed by atoms with E-state index in [4.69, 9.17) is 23.5 Å². The molecule has 0 aromatic carbocycles. The minimum atomic E-state index is -0.445. The van der Waals surface area contributed by atoms with E-state index < -0.39 is 16.8 Å². The van der Waals surface area contributed by atoms with Gasteiger partial charge in [-0.2, -0.15) is 0 Å². The van der Waals surface area contributed by atoms with E-state index in [2.05, 4.69) is 128 Å². The number of piperidine rings is 3. The first-order valence-electron chi connectivity index (χ1n) is 23.8. The zero-order valence-electron chi connectivity index (χ0n) is 43.1. The molecule has 0 spiro atoms. The molecule has 4 fully saturated rings. The largest absolute Gasteiger partial charge is 0.461 e. The van der Waals surface area contributed by atoms with E-state index in [-0.39, 0.29) is 36.6 Å². The van der Waals surface area contributed by atoms with Gasteiger partial charge in [0, 0.05) is 111 Å². The third-order valence-electron chi connectivity index (χ3n) is 11.7. The predicted octanol–water partition coefficient (Wildman–Crippen LogP) is 12.0. The number of hydrogen-bond acceptors (Lipinski definition) is 14. The van der Waals surface area contributed by atoms with Gasteiger partial charge >= 0.3 is 25.4 Å². The first-order valence-corrected chi connectivity index (χ1v) is 27.2. The summed E-state index contributed by atoms with van der Waals surface area (Å²) in [7, 11) is -0.175. The Hall–Kier alpha value is -2.80. The summed E-state index contributed by atoms with van der Waals surface area (Å²) in [5.74, 6) is 2.69. The topological polar surface area (TPSA) is 184 Å². The van der Waals surface area contributed by atoms with Crippen LogP contribution in [0.5, 0.6) is 0 Å². The van der Waals surface area contributed by atoms with Crippen molar-refractivity contribution in [2.24, 2.45) is 0 Å². The van der Waals surface area contributed by atoms with Crippen molar-refractivity contribution in [3.05, 3.63) is 66.1 Å². The molecule has 0 radical (unpaired) electrons. The standard InChI is InChI=1S/C16H30BNO4.2C14H20BrN3O2.C4H2BrIN2/c1-14(2,3)20-13(19)18-10-8-12(9-11-18)17-21-15(4,5)16(6,7)22-17;2*1-14(2,3)20-13(19)18-6-4-10(5-7-18)12-16-8-11(15)9-17-12;5-3-1-7-4(6)8-2-3/h12H,8-11H2,1-7H3;2*8-10H,4-7H2,1-3H3;1-2H. The minimum Gasteiger partial charge on any atom is -0.444 e. The molecule has 7 rings (SSSR count). The van der Waals surface area contributed by atoms with Gasteiger partial charge in [0.1, 0.15) is 28.5 Å². The fourth-order valence-corrected chi connectivity index (χ4v) is 8.31. The summed E-state index contributed by atoms with van der Waals surface area (Å²) in [6, 6.07) is 0. The number of nitrogens with zero attached hydrogens (tertiary/aromatic N) is 9. The van der Waals surface area contributed by atoms with E-state index in [0.717, 1.165) is 67.4 Å². The Kier molecular flexibility index (Phi) is 22.1. The van der Waals surface area contributed by atoms with Gasteiger partial charge in [-0.15, -0.1) is 0 Å². The molecule has 0 N–H and O–H groups in total. The Morgan fingerprint density at radius 1 is 0.529 bits per heavy atom. The molecule has 0 aliphatic carbocycles. The molecule has 388 valence electrons. The van der Waals surface area contributed by atoms with Crippen molar-refractivity contribution in [2.45, 2.75) is 174 Å². The van der Waals surface area contributed by atoms with Crippen molar-refractivity contribution in [1.29, 1.82) is 0 Å². The first-order chi connectivity index (χ1) is 32.4. The molecule has 3 aromatic heterocycles. The molecule has 0 unspecified atom stereocenters. The van der Waals surface area contributed by atoms with Gasteiger partial charge in [-0.1, -0.05) is 0 Å². The summed E-state index contributed by atoms with van der Waals surface area (Å²) in [4.78, 5) is 66.5. The molecule has 4 aliphatic rings. The van der Waals surface area contributed by atoms with Crippen LogP contribution >= 0.6 is 70.4 Å². The predicted molar refractivity (Wildman–Crippen MR) is 288 cm³/mol. The second kappa shape index (κ2) is 25.9. The SMILES string of the molecule is Brc1cnc(I)nc1.CC(C)(C)OC(=O)N1CCC(B2OC(C)(C)C(C)(C)O2)CC1.CC(C)(C)OC(=O)N1CCC(c2ncc(Br)cn2)CC1.CC(C)(C)OC(=O)N1CCC(c2ncc(Br)cn2)CC1. The number of carbonyl (C=O) groups excluding carboxylic acids is 3. The lowest BCUT2D eigenvalue weighted by Crippen LogP contribution is -2.43. The highest BCUT2D eigenvalue weighted by molar-refractivity contribution is 14.1. The second-order valence-corrected chi connectivity index (χ2v) is 25.3. The first kappa shape index (κ1) is 59.8. The molecule has 0 saturated carbocycles. The van der Waals surface area contributed by atoms with Crippen LogP contribution in [0.15, 0.2) is 50.6 Å². The quantitative estimate of drug-likeness (QED) is 0.104. The van der Waals surface area contributed by atoms with Crippen molar-refractivity contribution in [2.75, 3.05) is 39.3 Å².